The molecule has 1 fully saturated rings. The second-order valence-electron chi connectivity index (χ2n) is 5.23. The fourth-order valence-corrected chi connectivity index (χ4v) is 2.12. The number of carboxylic acids is 1. The Morgan fingerprint density at radius 2 is 2.15 bits per heavy atom. The van der Waals surface area contributed by atoms with Crippen LogP contribution in [-0.2, 0) is 11.3 Å². The second-order valence-corrected chi connectivity index (χ2v) is 5.23. The first-order valence-corrected chi connectivity index (χ1v) is 6.22. The molecule has 1 unspecified atom stereocenters. The molecule has 20 heavy (non-hydrogen) atoms. The van der Waals surface area contributed by atoms with Crippen molar-refractivity contribution in [1.29, 1.82) is 0 Å². The lowest BCUT2D eigenvalue weighted by Gasteiger charge is -2.20. The van der Waals surface area contributed by atoms with E-state index in [-0.39, 0.29) is 12.5 Å². The number of carbonyl (C=O) groups is 1. The highest BCUT2D eigenvalue weighted by molar-refractivity contribution is 5.79. The number of rotatable bonds is 4. The number of likely N-dealkylation sites (tertiary alicyclic amines) is 1. The summed E-state index contributed by atoms with van der Waals surface area (Å²) in [4.78, 5) is 27.1. The van der Waals surface area contributed by atoms with Crippen LogP contribution in [0.4, 0.5) is 11.9 Å². The van der Waals surface area contributed by atoms with Crippen LogP contribution in [0.2, 0.25) is 0 Å². The highest BCUT2D eigenvalue weighted by Crippen LogP contribution is 2.20. The van der Waals surface area contributed by atoms with Gasteiger partial charge in [0, 0.05) is 27.2 Å². The van der Waals surface area contributed by atoms with E-state index in [0.29, 0.717) is 31.3 Å². The first-order chi connectivity index (χ1) is 9.30. The SMILES string of the molecule is CN(C)c1nc(N)nc(CN2CCC(N)(C(=O)O)C2)n1. The summed E-state index contributed by atoms with van der Waals surface area (Å²) in [5, 5.41) is 9.10. The van der Waals surface area contributed by atoms with Crippen molar-refractivity contribution in [3.05, 3.63) is 5.82 Å². The topological polar surface area (TPSA) is 134 Å². The molecule has 1 aliphatic rings. The molecular weight excluding hydrogens is 262 g/mol. The molecule has 9 nitrogen and oxygen atoms in total. The summed E-state index contributed by atoms with van der Waals surface area (Å²) in [7, 11) is 3.62. The third-order valence-electron chi connectivity index (χ3n) is 3.26. The van der Waals surface area contributed by atoms with Crippen LogP contribution in [0.15, 0.2) is 0 Å². The average molecular weight is 281 g/mol. The van der Waals surface area contributed by atoms with Crippen LogP contribution in [0.25, 0.3) is 0 Å². The van der Waals surface area contributed by atoms with Gasteiger partial charge in [0.25, 0.3) is 0 Å². The molecular formula is C11H19N7O2. The highest BCUT2D eigenvalue weighted by atomic mass is 16.4. The smallest absolute Gasteiger partial charge is 0.325 e. The number of nitrogens with two attached hydrogens (primary N) is 2. The van der Waals surface area contributed by atoms with Gasteiger partial charge in [0.2, 0.25) is 11.9 Å². The first kappa shape index (κ1) is 14.4. The Morgan fingerprint density at radius 3 is 2.70 bits per heavy atom. The van der Waals surface area contributed by atoms with Gasteiger partial charge >= 0.3 is 5.97 Å². The molecule has 9 heteroatoms. The summed E-state index contributed by atoms with van der Waals surface area (Å²) in [6, 6.07) is 0. The van der Waals surface area contributed by atoms with Crippen LogP contribution >= 0.6 is 0 Å². The molecule has 0 spiro atoms. The minimum absolute atomic E-state index is 0.148. The van der Waals surface area contributed by atoms with Crippen LogP contribution in [0.1, 0.15) is 12.2 Å². The Bertz CT molecular complexity index is 521. The number of aromatic nitrogens is 3. The molecule has 1 atom stereocenters. The van der Waals surface area contributed by atoms with Crippen molar-refractivity contribution in [2.45, 2.75) is 18.5 Å². The number of hydrogen-bond acceptors (Lipinski definition) is 8. The number of aliphatic carboxylic acids is 1. The van der Waals surface area contributed by atoms with E-state index >= 15 is 0 Å². The summed E-state index contributed by atoms with van der Waals surface area (Å²) >= 11 is 0. The van der Waals surface area contributed by atoms with Gasteiger partial charge in [0.05, 0.1) is 6.54 Å². The largest absolute Gasteiger partial charge is 0.480 e. The molecule has 0 aromatic carbocycles. The Morgan fingerprint density at radius 1 is 1.45 bits per heavy atom. The maximum atomic E-state index is 11.1. The molecule has 0 radical (unpaired) electrons. The summed E-state index contributed by atoms with van der Waals surface area (Å²) in [5.74, 6) is 0.152. The van der Waals surface area contributed by atoms with Crippen molar-refractivity contribution in [2.24, 2.45) is 5.73 Å². The number of hydrogen-bond donors (Lipinski definition) is 3. The van der Waals surface area contributed by atoms with Crippen molar-refractivity contribution in [3.63, 3.8) is 0 Å². The van der Waals surface area contributed by atoms with Gasteiger partial charge < -0.3 is 21.5 Å². The van der Waals surface area contributed by atoms with Crippen LogP contribution in [0.5, 0.6) is 0 Å². The second kappa shape index (κ2) is 5.17. The van der Waals surface area contributed by atoms with Crippen LogP contribution < -0.4 is 16.4 Å². The lowest BCUT2D eigenvalue weighted by Crippen LogP contribution is -2.50. The maximum absolute atomic E-state index is 11.1. The van der Waals surface area contributed by atoms with Gasteiger partial charge in [-0.1, -0.05) is 0 Å². The number of nitrogens with zero attached hydrogens (tertiary/aromatic N) is 5. The van der Waals surface area contributed by atoms with Gasteiger partial charge in [-0.2, -0.15) is 15.0 Å². The van der Waals surface area contributed by atoms with E-state index in [4.69, 9.17) is 16.6 Å². The Kier molecular flexibility index (Phi) is 3.73. The third kappa shape index (κ3) is 2.94. The monoisotopic (exact) mass is 281 g/mol. The molecule has 1 aromatic heterocycles. The van der Waals surface area contributed by atoms with E-state index in [1.54, 1.807) is 4.90 Å². The maximum Gasteiger partial charge on any atom is 0.325 e. The molecule has 1 saturated heterocycles. The Balaban J connectivity index is 2.10. The van der Waals surface area contributed by atoms with Crippen molar-refractivity contribution >= 4 is 17.9 Å². The van der Waals surface area contributed by atoms with E-state index in [1.165, 1.54) is 0 Å². The van der Waals surface area contributed by atoms with E-state index in [9.17, 15) is 4.79 Å². The minimum Gasteiger partial charge on any atom is -0.480 e. The zero-order chi connectivity index (χ0) is 14.9. The zero-order valence-corrected chi connectivity index (χ0v) is 11.6. The van der Waals surface area contributed by atoms with Gasteiger partial charge in [0.15, 0.2) is 0 Å². The minimum atomic E-state index is -1.19. The van der Waals surface area contributed by atoms with Crippen LogP contribution in [0.3, 0.4) is 0 Å². The Labute approximate surface area is 116 Å². The average Bonchev–Trinajstić information content (AvgIpc) is 2.71. The number of carboxylic acid groups (broad SMARTS) is 1. The van der Waals surface area contributed by atoms with E-state index in [1.807, 2.05) is 19.0 Å². The summed E-state index contributed by atoms with van der Waals surface area (Å²) in [5.41, 5.74) is 10.3. The predicted octanol–water partition coefficient (Wildman–Crippen LogP) is -1.49. The lowest BCUT2D eigenvalue weighted by molar-refractivity contribution is -0.142. The van der Waals surface area contributed by atoms with Gasteiger partial charge in [-0.3, -0.25) is 9.69 Å². The first-order valence-electron chi connectivity index (χ1n) is 6.22. The molecule has 0 saturated carbocycles. The predicted molar refractivity (Wildman–Crippen MR) is 73.0 cm³/mol. The summed E-state index contributed by atoms with van der Waals surface area (Å²) in [6.45, 7) is 1.26. The molecule has 1 aromatic rings. The van der Waals surface area contributed by atoms with E-state index < -0.39 is 11.5 Å². The quantitative estimate of drug-likeness (QED) is 0.603. The standard InChI is InChI=1S/C11H19N7O2/c1-17(2)10-15-7(14-9(12)16-10)5-18-4-3-11(13,6-18)8(19)20/h3-6,13H2,1-2H3,(H,19,20)(H2,12,14,15,16). The molecule has 0 aliphatic carbocycles. The van der Waals surface area contributed by atoms with Crippen LogP contribution in [-0.4, -0.2) is 63.7 Å². The summed E-state index contributed by atoms with van der Waals surface area (Å²) < 4.78 is 0. The lowest BCUT2D eigenvalue weighted by atomic mass is 10.0. The van der Waals surface area contributed by atoms with Gasteiger partial charge in [0.1, 0.15) is 11.4 Å². The molecule has 0 amide bonds. The molecule has 110 valence electrons. The molecule has 2 rings (SSSR count). The van der Waals surface area contributed by atoms with Crippen molar-refractivity contribution < 1.29 is 9.90 Å². The highest BCUT2D eigenvalue weighted by Gasteiger charge is 2.41. The summed E-state index contributed by atoms with van der Waals surface area (Å²) in [6.07, 6.45) is 0.406. The zero-order valence-electron chi connectivity index (χ0n) is 11.6. The normalized spacial score (nSPS) is 22.9. The van der Waals surface area contributed by atoms with E-state index in [0.717, 1.165) is 0 Å². The molecule has 1 aliphatic heterocycles. The molecule has 2 heterocycles. The number of nitrogen functional groups attached to an aromatic ring is 1. The van der Waals surface area contributed by atoms with Crippen LogP contribution in [0, 0.1) is 0 Å². The molecule has 5 N–H and O–H groups in total. The van der Waals surface area contributed by atoms with Gasteiger partial charge in [-0.15, -0.1) is 0 Å². The Hall–Kier alpha value is -2.00. The van der Waals surface area contributed by atoms with Gasteiger partial charge in [-0.05, 0) is 6.42 Å². The van der Waals surface area contributed by atoms with Crippen molar-refractivity contribution in [1.82, 2.24) is 19.9 Å². The fourth-order valence-electron chi connectivity index (χ4n) is 2.12. The van der Waals surface area contributed by atoms with Crippen molar-refractivity contribution in [3.8, 4) is 0 Å². The number of anilines is 2. The third-order valence-corrected chi connectivity index (χ3v) is 3.26. The fraction of sp³-hybridized carbons (Fsp3) is 0.636. The van der Waals surface area contributed by atoms with E-state index in [2.05, 4.69) is 15.0 Å². The van der Waals surface area contributed by atoms with Crippen molar-refractivity contribution in [2.75, 3.05) is 37.8 Å². The molecule has 0 bridgehead atoms. The van der Waals surface area contributed by atoms with Gasteiger partial charge in [-0.25, -0.2) is 0 Å².